The molecule has 2 aromatic carbocycles. The fourth-order valence-corrected chi connectivity index (χ4v) is 2.61. The second-order valence-corrected chi connectivity index (χ2v) is 6.82. The fourth-order valence-electron chi connectivity index (χ4n) is 2.21. The van der Waals surface area contributed by atoms with Crippen LogP contribution in [0, 0.1) is 0 Å². The van der Waals surface area contributed by atoms with Crippen LogP contribution in [0.25, 0.3) is 11.3 Å². The number of benzene rings is 2. The van der Waals surface area contributed by atoms with Crippen molar-refractivity contribution in [2.24, 2.45) is 0 Å². The number of hydrogen-bond donors (Lipinski definition) is 3. The van der Waals surface area contributed by atoms with Crippen LogP contribution in [0.15, 0.2) is 65.1 Å². The molecule has 0 bridgehead atoms. The number of halogens is 2. The quantitative estimate of drug-likeness (QED) is 0.425. The van der Waals surface area contributed by atoms with Gasteiger partial charge < -0.3 is 4.42 Å². The van der Waals surface area contributed by atoms with Crippen LogP contribution in [-0.4, -0.2) is 16.9 Å². The molecule has 3 N–H and O–H groups in total. The number of rotatable bonds is 3. The Kier molecular flexibility index (Phi) is 6.30. The Hall–Kier alpha value is -2.87. The monoisotopic (exact) mass is 433 g/mol. The molecule has 1 heterocycles. The van der Waals surface area contributed by atoms with Crippen LogP contribution in [0.5, 0.6) is 0 Å². The van der Waals surface area contributed by atoms with Crippen LogP contribution < -0.4 is 16.2 Å². The highest BCUT2D eigenvalue weighted by atomic mass is 35.5. The van der Waals surface area contributed by atoms with Gasteiger partial charge in [-0.05, 0) is 72.9 Å². The van der Waals surface area contributed by atoms with Gasteiger partial charge in [0.05, 0.1) is 0 Å². The molecule has 9 heteroatoms. The van der Waals surface area contributed by atoms with Gasteiger partial charge in [0.2, 0.25) is 0 Å². The summed E-state index contributed by atoms with van der Waals surface area (Å²) in [6.07, 6.45) is 0. The van der Waals surface area contributed by atoms with Crippen molar-refractivity contribution in [3.05, 3.63) is 82.0 Å². The standard InChI is InChI=1S/C19H13Cl2N3O3S/c20-13-5-1-11(2-6-13)15-9-10-16(27-15)18(26)22-19(28)24-23-17(25)12-3-7-14(21)8-4-12/h1-10H,(H,23,25)(H2,22,24,26,28). The maximum absolute atomic E-state index is 12.2. The second kappa shape index (κ2) is 8.88. The van der Waals surface area contributed by atoms with Gasteiger partial charge in [0.15, 0.2) is 10.9 Å². The highest BCUT2D eigenvalue weighted by Gasteiger charge is 2.14. The molecule has 142 valence electrons. The smallest absolute Gasteiger partial charge is 0.293 e. The van der Waals surface area contributed by atoms with E-state index in [0.29, 0.717) is 21.4 Å². The van der Waals surface area contributed by atoms with Crippen molar-refractivity contribution in [1.29, 1.82) is 0 Å². The van der Waals surface area contributed by atoms with Crippen LogP contribution in [0.4, 0.5) is 0 Å². The molecule has 0 spiro atoms. The summed E-state index contributed by atoms with van der Waals surface area (Å²) in [5.74, 6) is -0.412. The van der Waals surface area contributed by atoms with Gasteiger partial charge >= 0.3 is 0 Å². The molecule has 0 fully saturated rings. The number of amides is 2. The van der Waals surface area contributed by atoms with Crippen LogP contribution in [-0.2, 0) is 0 Å². The molecule has 0 unspecified atom stereocenters. The predicted octanol–water partition coefficient (Wildman–Crippen LogP) is 4.20. The maximum Gasteiger partial charge on any atom is 0.293 e. The Morgan fingerprint density at radius 1 is 0.786 bits per heavy atom. The van der Waals surface area contributed by atoms with E-state index >= 15 is 0 Å². The van der Waals surface area contributed by atoms with Crippen LogP contribution in [0.2, 0.25) is 10.0 Å². The minimum atomic E-state index is -0.557. The third-order valence-electron chi connectivity index (χ3n) is 3.58. The Balaban J connectivity index is 1.54. The summed E-state index contributed by atoms with van der Waals surface area (Å²) in [7, 11) is 0. The Morgan fingerprint density at radius 2 is 1.39 bits per heavy atom. The molecule has 0 atom stereocenters. The summed E-state index contributed by atoms with van der Waals surface area (Å²) < 4.78 is 5.54. The van der Waals surface area contributed by atoms with E-state index in [4.69, 9.17) is 39.8 Å². The number of nitrogens with one attached hydrogen (secondary N) is 3. The topological polar surface area (TPSA) is 83.4 Å². The molecule has 2 amide bonds. The molecule has 6 nitrogen and oxygen atoms in total. The van der Waals surface area contributed by atoms with Gasteiger partial charge in [-0.1, -0.05) is 23.2 Å². The lowest BCUT2D eigenvalue weighted by Gasteiger charge is -2.10. The van der Waals surface area contributed by atoms with Crippen molar-refractivity contribution in [3.63, 3.8) is 0 Å². The predicted molar refractivity (Wildman–Crippen MR) is 111 cm³/mol. The van der Waals surface area contributed by atoms with Crippen molar-refractivity contribution in [2.45, 2.75) is 0 Å². The molecule has 0 saturated carbocycles. The molecule has 0 aliphatic carbocycles. The zero-order valence-electron chi connectivity index (χ0n) is 14.2. The zero-order chi connectivity index (χ0) is 20.1. The molecule has 0 radical (unpaired) electrons. The van der Waals surface area contributed by atoms with Gasteiger partial charge in [0.1, 0.15) is 5.76 Å². The van der Waals surface area contributed by atoms with Gasteiger partial charge in [-0.2, -0.15) is 0 Å². The van der Waals surface area contributed by atoms with E-state index in [9.17, 15) is 9.59 Å². The van der Waals surface area contributed by atoms with Crippen molar-refractivity contribution in [1.82, 2.24) is 16.2 Å². The van der Waals surface area contributed by atoms with Gasteiger partial charge in [-0.15, -0.1) is 0 Å². The first-order valence-electron chi connectivity index (χ1n) is 7.95. The first-order valence-corrected chi connectivity index (χ1v) is 9.12. The maximum atomic E-state index is 12.2. The number of carbonyl (C=O) groups is 2. The van der Waals surface area contributed by atoms with Crippen LogP contribution >= 0.6 is 35.4 Å². The lowest BCUT2D eigenvalue weighted by Crippen LogP contribution is -2.48. The van der Waals surface area contributed by atoms with Crippen LogP contribution in [0.1, 0.15) is 20.9 Å². The van der Waals surface area contributed by atoms with Crippen molar-refractivity contribution in [3.8, 4) is 11.3 Å². The summed E-state index contributed by atoms with van der Waals surface area (Å²) in [6, 6.07) is 16.5. The van der Waals surface area contributed by atoms with E-state index in [-0.39, 0.29) is 10.9 Å². The molecule has 28 heavy (non-hydrogen) atoms. The minimum Gasteiger partial charge on any atom is -0.451 e. The fraction of sp³-hybridized carbons (Fsp3) is 0. The van der Waals surface area contributed by atoms with E-state index < -0.39 is 11.8 Å². The summed E-state index contributed by atoms with van der Waals surface area (Å²) in [5.41, 5.74) is 5.99. The molecular weight excluding hydrogens is 421 g/mol. The summed E-state index contributed by atoms with van der Waals surface area (Å²) >= 11 is 16.6. The largest absolute Gasteiger partial charge is 0.451 e. The van der Waals surface area contributed by atoms with E-state index in [1.165, 1.54) is 6.07 Å². The average Bonchev–Trinajstić information content (AvgIpc) is 3.17. The molecular formula is C19H13Cl2N3O3S. The molecule has 0 saturated heterocycles. The Labute approximate surface area is 175 Å². The minimum absolute atomic E-state index is 0.0677. The van der Waals surface area contributed by atoms with E-state index in [0.717, 1.165) is 5.56 Å². The SMILES string of the molecule is O=C(NNC(=S)NC(=O)c1ccc(-c2ccc(Cl)cc2)o1)c1ccc(Cl)cc1. The van der Waals surface area contributed by atoms with E-state index in [2.05, 4.69) is 16.2 Å². The van der Waals surface area contributed by atoms with Gasteiger partial charge in [-0.3, -0.25) is 25.8 Å². The molecule has 3 rings (SSSR count). The van der Waals surface area contributed by atoms with Crippen molar-refractivity contribution >= 4 is 52.3 Å². The molecule has 3 aromatic rings. The van der Waals surface area contributed by atoms with Gasteiger partial charge in [0, 0.05) is 21.2 Å². The number of hydrogen-bond acceptors (Lipinski definition) is 4. The second-order valence-electron chi connectivity index (χ2n) is 5.54. The van der Waals surface area contributed by atoms with E-state index in [1.54, 1.807) is 54.6 Å². The lowest BCUT2D eigenvalue weighted by molar-refractivity contribution is 0.0927. The third kappa shape index (κ3) is 5.10. The summed E-state index contributed by atoms with van der Waals surface area (Å²) in [5, 5.41) is 3.45. The van der Waals surface area contributed by atoms with Crippen LogP contribution in [0.3, 0.4) is 0 Å². The first kappa shape index (κ1) is 19.9. The highest BCUT2D eigenvalue weighted by molar-refractivity contribution is 7.80. The van der Waals surface area contributed by atoms with Crippen molar-refractivity contribution < 1.29 is 14.0 Å². The average molecular weight is 434 g/mol. The van der Waals surface area contributed by atoms with Crippen molar-refractivity contribution in [2.75, 3.05) is 0 Å². The summed E-state index contributed by atoms with van der Waals surface area (Å²) in [6.45, 7) is 0. The summed E-state index contributed by atoms with van der Waals surface area (Å²) in [4.78, 5) is 24.2. The number of hydrazine groups is 1. The lowest BCUT2D eigenvalue weighted by atomic mass is 10.2. The number of carbonyl (C=O) groups excluding carboxylic acids is 2. The Bertz CT molecular complexity index is 1020. The first-order chi connectivity index (χ1) is 13.4. The Morgan fingerprint density at radius 3 is 2.04 bits per heavy atom. The third-order valence-corrected chi connectivity index (χ3v) is 4.29. The van der Waals surface area contributed by atoms with Gasteiger partial charge in [0.25, 0.3) is 11.8 Å². The zero-order valence-corrected chi connectivity index (χ0v) is 16.5. The number of furan rings is 1. The number of thiocarbonyl (C=S) groups is 1. The molecule has 0 aliphatic rings. The normalized spacial score (nSPS) is 10.2. The van der Waals surface area contributed by atoms with Gasteiger partial charge in [-0.25, -0.2) is 0 Å². The van der Waals surface area contributed by atoms with E-state index in [1.807, 2.05) is 0 Å². The molecule has 1 aromatic heterocycles. The molecule has 0 aliphatic heterocycles. The highest BCUT2D eigenvalue weighted by Crippen LogP contribution is 2.23.